The molecule has 9 atom stereocenters. The fourth-order valence-electron chi connectivity index (χ4n) is 6.38. The molecule has 1 saturated heterocycles. The number of aliphatic hydroxyl groups is 2. The third-order valence-electron chi connectivity index (χ3n) is 10.00. The molecule has 0 bridgehead atoms. The molecule has 63 heavy (non-hydrogen) atoms. The Balaban J connectivity index is 3.15. The van der Waals surface area contributed by atoms with Gasteiger partial charge in [-0.05, 0) is 62.4 Å². The summed E-state index contributed by atoms with van der Waals surface area (Å²) in [6.45, 7) is 9.67. The molecule has 358 valence electrons. The molecule has 0 aromatic heterocycles. The molecule has 23 nitrogen and oxygen atoms in total. The SMILES string of the molecule is CSCC[C@H](NC(=O)[C@@H](N)CO)C(=O)N[C@@H](CO)C(=O)N[C@@H](C)C(=O)N[C@@H](CC(=O)O)C(=O)N[C@H](C(=O)N1CCC[C@H]1C(=O)N[C@@H](CC(C)C)C(=O)N[C@H](C(=O)O)C(C)C)C(C)C. The minimum Gasteiger partial charge on any atom is -0.481 e. The molecular formula is C39H67N9O14S. The highest BCUT2D eigenvalue weighted by atomic mass is 32.2. The number of aliphatic hydroxyl groups excluding tert-OH is 2. The number of carboxylic acid groups (broad SMARTS) is 2. The average molecular weight is 918 g/mol. The van der Waals surface area contributed by atoms with Crippen molar-refractivity contribution in [3.8, 4) is 0 Å². The molecule has 0 aliphatic carbocycles. The summed E-state index contributed by atoms with van der Waals surface area (Å²) in [7, 11) is 0. The zero-order valence-electron chi connectivity index (χ0n) is 37.1. The summed E-state index contributed by atoms with van der Waals surface area (Å²) >= 11 is 1.35. The monoisotopic (exact) mass is 917 g/mol. The molecule has 13 N–H and O–H groups in total. The number of likely N-dealkylation sites (tertiary alicyclic amines) is 1. The number of hydrogen-bond donors (Lipinski definition) is 12. The van der Waals surface area contributed by atoms with Crippen LogP contribution in [0.4, 0.5) is 0 Å². The Morgan fingerprint density at radius 1 is 0.651 bits per heavy atom. The second-order valence-electron chi connectivity index (χ2n) is 16.4. The van der Waals surface area contributed by atoms with Crippen molar-refractivity contribution in [3.05, 3.63) is 0 Å². The lowest BCUT2D eigenvalue weighted by Crippen LogP contribution is -2.61. The first-order valence-corrected chi connectivity index (χ1v) is 22.1. The Hall–Kier alpha value is -5.07. The number of carbonyl (C=O) groups is 10. The number of thioether (sulfide) groups is 1. The second kappa shape index (κ2) is 27.2. The van der Waals surface area contributed by atoms with Crippen LogP contribution in [0.2, 0.25) is 0 Å². The van der Waals surface area contributed by atoms with Crippen molar-refractivity contribution in [1.29, 1.82) is 0 Å². The fourth-order valence-corrected chi connectivity index (χ4v) is 6.85. The van der Waals surface area contributed by atoms with E-state index in [9.17, 15) is 68.4 Å². The van der Waals surface area contributed by atoms with Gasteiger partial charge in [0, 0.05) is 6.54 Å². The Kier molecular flexibility index (Phi) is 24.1. The lowest BCUT2D eigenvalue weighted by atomic mass is 9.99. The lowest BCUT2D eigenvalue weighted by molar-refractivity contribution is -0.145. The predicted octanol–water partition coefficient (Wildman–Crippen LogP) is -3.63. The van der Waals surface area contributed by atoms with Gasteiger partial charge in [-0.3, -0.25) is 43.2 Å². The van der Waals surface area contributed by atoms with Gasteiger partial charge in [-0.15, -0.1) is 0 Å². The van der Waals surface area contributed by atoms with Crippen LogP contribution < -0.4 is 43.0 Å². The Labute approximate surface area is 370 Å². The third kappa shape index (κ3) is 18.3. The largest absolute Gasteiger partial charge is 0.481 e. The van der Waals surface area contributed by atoms with Crippen LogP contribution in [0.5, 0.6) is 0 Å². The number of amides is 8. The molecule has 0 spiro atoms. The van der Waals surface area contributed by atoms with Gasteiger partial charge in [0.2, 0.25) is 47.3 Å². The van der Waals surface area contributed by atoms with Gasteiger partial charge in [-0.2, -0.15) is 11.8 Å². The van der Waals surface area contributed by atoms with Crippen LogP contribution in [0, 0.1) is 17.8 Å². The molecule has 1 heterocycles. The van der Waals surface area contributed by atoms with Gasteiger partial charge in [-0.25, -0.2) is 4.79 Å². The summed E-state index contributed by atoms with van der Waals surface area (Å²) in [6.07, 6.45) is 1.63. The minimum atomic E-state index is -1.78. The maximum Gasteiger partial charge on any atom is 0.326 e. The third-order valence-corrected chi connectivity index (χ3v) is 10.6. The average Bonchev–Trinajstić information content (AvgIpc) is 3.70. The molecular weight excluding hydrogens is 851 g/mol. The van der Waals surface area contributed by atoms with Gasteiger partial charge in [0.05, 0.1) is 19.6 Å². The Bertz CT molecular complexity index is 1630. The van der Waals surface area contributed by atoms with Crippen LogP contribution in [-0.2, 0) is 47.9 Å². The number of aliphatic carboxylic acids is 2. The minimum absolute atomic E-state index is 0.0925. The van der Waals surface area contributed by atoms with E-state index in [0.717, 1.165) is 0 Å². The van der Waals surface area contributed by atoms with Gasteiger partial charge in [0.25, 0.3) is 0 Å². The number of hydrogen-bond acceptors (Lipinski definition) is 14. The van der Waals surface area contributed by atoms with Crippen LogP contribution in [0.1, 0.15) is 80.6 Å². The van der Waals surface area contributed by atoms with Crippen molar-refractivity contribution in [2.45, 2.75) is 135 Å². The summed E-state index contributed by atoms with van der Waals surface area (Å²) in [6, 6.07) is -12.2. The van der Waals surface area contributed by atoms with E-state index in [4.69, 9.17) is 5.73 Å². The summed E-state index contributed by atoms with van der Waals surface area (Å²) in [5.74, 6) is -10.5. The highest BCUT2D eigenvalue weighted by Crippen LogP contribution is 2.21. The molecule has 0 saturated carbocycles. The maximum absolute atomic E-state index is 14.0. The smallest absolute Gasteiger partial charge is 0.326 e. The Morgan fingerprint density at radius 2 is 1.17 bits per heavy atom. The van der Waals surface area contributed by atoms with E-state index in [0.29, 0.717) is 12.2 Å². The van der Waals surface area contributed by atoms with Crippen molar-refractivity contribution in [3.63, 3.8) is 0 Å². The molecule has 0 radical (unpaired) electrons. The first-order chi connectivity index (χ1) is 29.4. The van der Waals surface area contributed by atoms with Crippen LogP contribution in [-0.4, -0.2) is 171 Å². The first kappa shape index (κ1) is 55.9. The van der Waals surface area contributed by atoms with Gasteiger partial charge in [0.1, 0.15) is 54.4 Å². The highest BCUT2D eigenvalue weighted by molar-refractivity contribution is 7.98. The van der Waals surface area contributed by atoms with Gasteiger partial charge in [0.15, 0.2) is 0 Å². The van der Waals surface area contributed by atoms with E-state index in [1.807, 2.05) is 13.8 Å². The Morgan fingerprint density at radius 3 is 1.68 bits per heavy atom. The van der Waals surface area contributed by atoms with Gasteiger partial charge in [-0.1, -0.05) is 41.5 Å². The summed E-state index contributed by atoms with van der Waals surface area (Å²) in [5, 5.41) is 55.1. The number of carboxylic acids is 2. The van der Waals surface area contributed by atoms with E-state index in [1.165, 1.54) is 23.6 Å². The zero-order chi connectivity index (χ0) is 48.3. The van der Waals surface area contributed by atoms with Gasteiger partial charge >= 0.3 is 11.9 Å². The molecule has 0 aromatic rings. The van der Waals surface area contributed by atoms with E-state index in [2.05, 4.69) is 37.2 Å². The number of carbonyl (C=O) groups excluding carboxylic acids is 8. The number of nitrogens with one attached hydrogen (secondary N) is 7. The normalized spacial score (nSPS) is 17.6. The van der Waals surface area contributed by atoms with E-state index in [-0.39, 0.29) is 31.7 Å². The van der Waals surface area contributed by atoms with Gasteiger partial charge < -0.3 is 68.3 Å². The van der Waals surface area contributed by atoms with Crippen molar-refractivity contribution < 1.29 is 68.4 Å². The number of rotatable bonds is 27. The molecule has 1 aliphatic rings. The molecule has 1 fully saturated rings. The number of nitrogens with zero attached hydrogens (tertiary/aromatic N) is 1. The van der Waals surface area contributed by atoms with Crippen molar-refractivity contribution in [2.24, 2.45) is 23.5 Å². The standard InChI is InChI=1S/C39H67N9O14S/c1-18(2)14-24(34(56)47-30(20(5)6)39(61)62)44-37(59)27-10-9-12-48(27)38(60)29(19(3)4)46-35(57)25(15-28(51)52)43-31(53)21(7)41-36(58)26(17-50)45-33(55)23(11-13-63-8)42-32(54)22(40)16-49/h18-27,29-30,49-50H,9-17,40H2,1-8H3,(H,41,58)(H,42,54)(H,43,53)(H,44,59)(H,45,55)(H,46,57)(H,47,56)(H,51,52)(H,61,62)/t21-,22-,23-,24-,25-,26-,27-,29-,30-/m0/s1. The predicted molar refractivity (Wildman–Crippen MR) is 228 cm³/mol. The number of nitrogens with two attached hydrogens (primary N) is 1. The molecule has 24 heteroatoms. The van der Waals surface area contributed by atoms with Crippen LogP contribution in [0.3, 0.4) is 0 Å². The van der Waals surface area contributed by atoms with Crippen LogP contribution in [0.15, 0.2) is 0 Å². The van der Waals surface area contributed by atoms with Crippen LogP contribution in [0.25, 0.3) is 0 Å². The summed E-state index contributed by atoms with van der Waals surface area (Å²) in [5.41, 5.74) is 5.53. The lowest BCUT2D eigenvalue weighted by Gasteiger charge is -2.32. The molecule has 0 unspecified atom stereocenters. The molecule has 1 aliphatic heterocycles. The van der Waals surface area contributed by atoms with Crippen molar-refractivity contribution in [1.82, 2.24) is 42.1 Å². The quantitative estimate of drug-likeness (QED) is 0.0378. The van der Waals surface area contributed by atoms with Crippen LogP contribution >= 0.6 is 11.8 Å². The van der Waals surface area contributed by atoms with E-state index in [1.54, 1.807) is 34.0 Å². The molecule has 1 rings (SSSR count). The first-order valence-electron chi connectivity index (χ1n) is 20.7. The van der Waals surface area contributed by atoms with E-state index < -0.39 is 145 Å². The second-order valence-corrected chi connectivity index (χ2v) is 17.4. The maximum atomic E-state index is 14.0. The van der Waals surface area contributed by atoms with Crippen molar-refractivity contribution in [2.75, 3.05) is 31.8 Å². The summed E-state index contributed by atoms with van der Waals surface area (Å²) < 4.78 is 0. The van der Waals surface area contributed by atoms with E-state index >= 15 is 0 Å². The molecule has 8 amide bonds. The summed E-state index contributed by atoms with van der Waals surface area (Å²) in [4.78, 5) is 131. The van der Waals surface area contributed by atoms with Crippen molar-refractivity contribution >= 4 is 71.0 Å². The highest BCUT2D eigenvalue weighted by Gasteiger charge is 2.41. The zero-order valence-corrected chi connectivity index (χ0v) is 37.9. The topological polar surface area (TPSA) is 365 Å². The molecule has 0 aromatic carbocycles. The fraction of sp³-hybridized carbons (Fsp3) is 0.744.